The predicted molar refractivity (Wildman–Crippen MR) is 35.6 cm³/mol. The summed E-state index contributed by atoms with van der Waals surface area (Å²) in [5, 5.41) is 2.49. The first kappa shape index (κ1) is 7.49. The van der Waals surface area contributed by atoms with Crippen LogP contribution in [0.5, 0.6) is 0 Å². The lowest BCUT2D eigenvalue weighted by Crippen LogP contribution is -2.29. The summed E-state index contributed by atoms with van der Waals surface area (Å²) >= 11 is 0. The van der Waals surface area contributed by atoms with Crippen LogP contribution in [0.25, 0.3) is 0 Å². The second kappa shape index (κ2) is 4.64. The molecule has 1 radical (unpaired) electrons. The molecule has 0 aliphatic heterocycles. The highest BCUT2D eigenvalue weighted by atomic mass is 28.1. The molecule has 3 N–H and O–H groups in total. The molecule has 0 aliphatic carbocycles. The van der Waals surface area contributed by atoms with Crippen LogP contribution >= 0.6 is 0 Å². The molecule has 47 valence electrons. The summed E-state index contributed by atoms with van der Waals surface area (Å²) in [5.74, 6) is 0. The van der Waals surface area contributed by atoms with Crippen molar-refractivity contribution in [2.75, 3.05) is 6.54 Å². The molecule has 0 fully saturated rings. The van der Waals surface area contributed by atoms with Gasteiger partial charge in [0.25, 0.3) is 0 Å². The first-order valence-corrected chi connectivity index (χ1v) is 3.60. The number of hydrogen-bond acceptors (Lipinski definition) is 1. The van der Waals surface area contributed by atoms with Crippen molar-refractivity contribution in [2.24, 2.45) is 5.73 Å². The average Bonchev–Trinajstić information content (AvgIpc) is 1.66. The summed E-state index contributed by atoms with van der Waals surface area (Å²) < 4.78 is 0. The molecular weight excluding hydrogens is 120 g/mol. The zero-order valence-corrected chi connectivity index (χ0v) is 6.23. The van der Waals surface area contributed by atoms with Crippen molar-refractivity contribution in [1.82, 2.24) is 5.32 Å². The number of carbonyl (C=O) groups excluding carboxylic acids is 1. The van der Waals surface area contributed by atoms with E-state index < -0.39 is 6.03 Å². The second-order valence-electron chi connectivity index (χ2n) is 1.50. The third-order valence-corrected chi connectivity index (χ3v) is 1.23. The summed E-state index contributed by atoms with van der Waals surface area (Å²) in [6.07, 6.45) is 1.02. The summed E-state index contributed by atoms with van der Waals surface area (Å²) in [6.45, 7) is 0.707. The molecule has 0 bridgehead atoms. The molecule has 0 heterocycles. The molecule has 4 heteroatoms. The van der Waals surface area contributed by atoms with E-state index in [9.17, 15) is 4.79 Å². The monoisotopic (exact) mass is 131 g/mol. The van der Waals surface area contributed by atoms with Gasteiger partial charge in [0.2, 0.25) is 0 Å². The van der Waals surface area contributed by atoms with E-state index in [1.807, 2.05) is 10.2 Å². The number of nitrogens with two attached hydrogens (primary N) is 1. The number of nitrogens with one attached hydrogen (secondary N) is 1. The van der Waals surface area contributed by atoms with Gasteiger partial charge in [-0.1, -0.05) is 6.04 Å². The van der Waals surface area contributed by atoms with Crippen molar-refractivity contribution in [3.05, 3.63) is 0 Å². The van der Waals surface area contributed by atoms with Gasteiger partial charge in [0.15, 0.2) is 0 Å². The van der Waals surface area contributed by atoms with E-state index in [-0.39, 0.29) is 0 Å². The van der Waals surface area contributed by atoms with E-state index in [0.717, 1.165) is 12.5 Å². The molecule has 2 amide bonds. The third kappa shape index (κ3) is 5.49. The van der Waals surface area contributed by atoms with Crippen molar-refractivity contribution in [2.45, 2.75) is 12.5 Å². The second-order valence-corrected chi connectivity index (χ2v) is 2.21. The minimum absolute atomic E-state index is 0.429. The van der Waals surface area contributed by atoms with E-state index >= 15 is 0 Å². The van der Waals surface area contributed by atoms with Gasteiger partial charge in [0, 0.05) is 16.8 Å². The molecule has 0 saturated heterocycles. The Kier molecular flexibility index (Phi) is 4.34. The van der Waals surface area contributed by atoms with Crippen molar-refractivity contribution in [3.8, 4) is 0 Å². The number of primary amides is 1. The lowest BCUT2D eigenvalue weighted by atomic mass is 10.5. The Bertz CT molecular complexity index is 76.4. The highest BCUT2D eigenvalue weighted by Crippen LogP contribution is 1.78. The molecule has 0 aromatic heterocycles. The van der Waals surface area contributed by atoms with Gasteiger partial charge >= 0.3 is 6.03 Å². The quantitative estimate of drug-likeness (QED) is 0.378. The number of amides is 2. The molecule has 0 atom stereocenters. The highest BCUT2D eigenvalue weighted by Gasteiger charge is 1.86. The summed E-state index contributed by atoms with van der Waals surface area (Å²) in [7, 11) is 1.89. The fraction of sp³-hybridized carbons (Fsp3) is 0.750. The van der Waals surface area contributed by atoms with Gasteiger partial charge in [-0.3, -0.25) is 0 Å². The fourth-order valence-corrected chi connectivity index (χ4v) is 0.587. The Hall–Kier alpha value is -0.513. The van der Waals surface area contributed by atoms with Crippen LogP contribution in [0.15, 0.2) is 0 Å². The number of rotatable bonds is 3. The Morgan fingerprint density at radius 3 is 2.75 bits per heavy atom. The maximum atomic E-state index is 9.99. The van der Waals surface area contributed by atoms with E-state index in [4.69, 9.17) is 5.73 Å². The van der Waals surface area contributed by atoms with Crippen molar-refractivity contribution < 1.29 is 4.79 Å². The maximum Gasteiger partial charge on any atom is 0.312 e. The van der Waals surface area contributed by atoms with E-state index in [2.05, 4.69) is 5.32 Å². The molecule has 0 aromatic rings. The minimum Gasteiger partial charge on any atom is -0.352 e. The van der Waals surface area contributed by atoms with Gasteiger partial charge in [-0.15, -0.1) is 0 Å². The number of urea groups is 1. The van der Waals surface area contributed by atoms with Gasteiger partial charge in [0.05, 0.1) is 0 Å². The lowest BCUT2D eigenvalue weighted by molar-refractivity contribution is 0.249. The van der Waals surface area contributed by atoms with Crippen LogP contribution in [0.3, 0.4) is 0 Å². The van der Waals surface area contributed by atoms with E-state index in [0.29, 0.717) is 6.54 Å². The zero-order chi connectivity index (χ0) is 6.41. The Labute approximate surface area is 52.1 Å². The average molecular weight is 131 g/mol. The molecule has 0 unspecified atom stereocenters. The molecule has 0 spiro atoms. The largest absolute Gasteiger partial charge is 0.352 e. The van der Waals surface area contributed by atoms with Crippen LogP contribution in [0.1, 0.15) is 6.42 Å². The normalized spacial score (nSPS) is 8.62. The van der Waals surface area contributed by atoms with Crippen molar-refractivity contribution >= 4 is 16.3 Å². The highest BCUT2D eigenvalue weighted by molar-refractivity contribution is 6.08. The molecule has 3 nitrogen and oxygen atoms in total. The van der Waals surface area contributed by atoms with Gasteiger partial charge in [-0.2, -0.15) is 0 Å². The Morgan fingerprint density at radius 1 is 1.75 bits per heavy atom. The van der Waals surface area contributed by atoms with Crippen molar-refractivity contribution in [1.29, 1.82) is 0 Å². The minimum atomic E-state index is -0.429. The summed E-state index contributed by atoms with van der Waals surface area (Å²) in [5.41, 5.74) is 4.79. The van der Waals surface area contributed by atoms with Crippen LogP contribution in [-0.4, -0.2) is 22.8 Å². The van der Waals surface area contributed by atoms with E-state index in [1.165, 1.54) is 0 Å². The fourth-order valence-electron chi connectivity index (χ4n) is 0.337. The molecule has 0 rings (SSSR count). The van der Waals surface area contributed by atoms with Gasteiger partial charge in [0.1, 0.15) is 0 Å². The Morgan fingerprint density at radius 2 is 2.38 bits per heavy atom. The van der Waals surface area contributed by atoms with Crippen LogP contribution in [-0.2, 0) is 0 Å². The van der Waals surface area contributed by atoms with Gasteiger partial charge in [-0.25, -0.2) is 4.79 Å². The molecule has 0 aliphatic rings. The van der Waals surface area contributed by atoms with Gasteiger partial charge in [-0.05, 0) is 6.42 Å². The number of hydrogen-bond donors (Lipinski definition) is 2. The van der Waals surface area contributed by atoms with Crippen LogP contribution in [0.4, 0.5) is 4.79 Å². The van der Waals surface area contributed by atoms with Crippen LogP contribution in [0.2, 0.25) is 6.04 Å². The third-order valence-electron chi connectivity index (χ3n) is 0.726. The smallest absolute Gasteiger partial charge is 0.312 e. The predicted octanol–water partition coefficient (Wildman–Crippen LogP) is -0.904. The lowest BCUT2D eigenvalue weighted by Gasteiger charge is -1.96. The first-order valence-electron chi connectivity index (χ1n) is 2.60. The molecule has 8 heavy (non-hydrogen) atoms. The summed E-state index contributed by atoms with van der Waals surface area (Å²) in [4.78, 5) is 9.99. The number of carbonyl (C=O) groups is 1. The van der Waals surface area contributed by atoms with Crippen molar-refractivity contribution in [3.63, 3.8) is 0 Å². The van der Waals surface area contributed by atoms with Gasteiger partial charge < -0.3 is 11.1 Å². The standard InChI is InChI=1S/C4H11N2OSi/c5-4(7)6-2-1-3-8/h1-3,8H2,(H3,5,6,7). The van der Waals surface area contributed by atoms with Crippen LogP contribution in [0, 0.1) is 0 Å². The van der Waals surface area contributed by atoms with Crippen LogP contribution < -0.4 is 11.1 Å². The maximum absolute atomic E-state index is 9.99. The molecule has 0 saturated carbocycles. The topological polar surface area (TPSA) is 55.1 Å². The zero-order valence-electron chi connectivity index (χ0n) is 4.81. The van der Waals surface area contributed by atoms with E-state index in [1.54, 1.807) is 0 Å². The Balaban J connectivity index is 2.82. The first-order chi connectivity index (χ1) is 3.77. The SMILES string of the molecule is NC(=O)NCCC[SiH2]. The molecule has 0 aromatic carbocycles. The summed E-state index contributed by atoms with van der Waals surface area (Å²) in [6, 6.07) is 0.682. The molecular formula is C4H11N2OSi.